The van der Waals surface area contributed by atoms with E-state index in [0.717, 1.165) is 0 Å². The van der Waals surface area contributed by atoms with E-state index in [1.165, 1.54) is 6.20 Å². The first-order valence-electron chi connectivity index (χ1n) is 5.44. The number of nitrogens with zero attached hydrogens (tertiary/aromatic N) is 1. The number of ether oxygens (including phenoxy) is 1. The maximum Gasteiger partial charge on any atom is 0.274 e. The largest absolute Gasteiger partial charge is 0.492 e. The van der Waals surface area contributed by atoms with Crippen molar-refractivity contribution in [2.24, 2.45) is 0 Å². The number of H-pyrrole nitrogens is 1. The topological polar surface area (TPSA) is 67.0 Å². The number of hydrogen-bond acceptors (Lipinski definition) is 3. The van der Waals surface area contributed by atoms with E-state index in [-0.39, 0.29) is 5.91 Å². The zero-order chi connectivity index (χ0) is 13.0. The lowest BCUT2D eigenvalue weighted by molar-refractivity contribution is 0.102. The van der Waals surface area contributed by atoms with E-state index >= 15 is 0 Å². The molecule has 0 aliphatic heterocycles. The Morgan fingerprint density at radius 3 is 2.94 bits per heavy atom. The number of carbonyl (C=O) groups is 1. The Morgan fingerprint density at radius 2 is 2.28 bits per heavy atom. The number of anilines is 1. The number of amides is 1. The average molecular weight is 310 g/mol. The molecule has 0 bridgehead atoms. The summed E-state index contributed by atoms with van der Waals surface area (Å²) in [5.41, 5.74) is 1.01. The number of rotatable bonds is 4. The fourth-order valence-electron chi connectivity index (χ4n) is 1.47. The van der Waals surface area contributed by atoms with E-state index in [1.807, 2.05) is 19.1 Å². The van der Waals surface area contributed by atoms with Gasteiger partial charge in [-0.25, -0.2) is 0 Å². The summed E-state index contributed by atoms with van der Waals surface area (Å²) >= 11 is 3.24. The van der Waals surface area contributed by atoms with Gasteiger partial charge in [-0.15, -0.1) is 0 Å². The van der Waals surface area contributed by atoms with Gasteiger partial charge in [0.2, 0.25) is 0 Å². The van der Waals surface area contributed by atoms with E-state index in [9.17, 15) is 4.79 Å². The number of nitrogens with one attached hydrogen (secondary N) is 2. The second-order valence-corrected chi connectivity index (χ2v) is 4.33. The molecule has 2 rings (SSSR count). The first-order chi connectivity index (χ1) is 8.72. The highest BCUT2D eigenvalue weighted by atomic mass is 79.9. The maximum absolute atomic E-state index is 12.0. The van der Waals surface area contributed by atoms with Crippen LogP contribution in [-0.2, 0) is 0 Å². The van der Waals surface area contributed by atoms with E-state index < -0.39 is 0 Å². The molecule has 6 heteroatoms. The van der Waals surface area contributed by atoms with Crippen molar-refractivity contribution >= 4 is 27.5 Å². The number of aromatic amines is 1. The molecule has 0 aliphatic carbocycles. The number of benzene rings is 1. The van der Waals surface area contributed by atoms with Crippen LogP contribution in [0.1, 0.15) is 17.4 Å². The zero-order valence-electron chi connectivity index (χ0n) is 9.74. The van der Waals surface area contributed by atoms with Crippen molar-refractivity contribution in [2.75, 3.05) is 11.9 Å². The van der Waals surface area contributed by atoms with Crippen LogP contribution in [-0.4, -0.2) is 22.7 Å². The molecule has 0 spiro atoms. The van der Waals surface area contributed by atoms with Gasteiger partial charge in [0, 0.05) is 0 Å². The summed E-state index contributed by atoms with van der Waals surface area (Å²) in [7, 11) is 0. The van der Waals surface area contributed by atoms with Crippen LogP contribution in [0, 0.1) is 0 Å². The van der Waals surface area contributed by atoms with Gasteiger partial charge in [0.25, 0.3) is 5.91 Å². The van der Waals surface area contributed by atoms with Crippen molar-refractivity contribution in [3.8, 4) is 5.75 Å². The molecule has 5 nitrogen and oxygen atoms in total. The van der Waals surface area contributed by atoms with Crippen LogP contribution in [0.15, 0.2) is 34.9 Å². The molecule has 0 unspecified atom stereocenters. The Labute approximate surface area is 113 Å². The molecule has 94 valence electrons. The van der Waals surface area contributed by atoms with Crippen LogP contribution < -0.4 is 10.1 Å². The van der Waals surface area contributed by atoms with Gasteiger partial charge in [-0.1, -0.05) is 12.1 Å². The summed E-state index contributed by atoms with van der Waals surface area (Å²) in [6, 6.07) is 7.28. The normalized spacial score (nSPS) is 10.1. The van der Waals surface area contributed by atoms with Gasteiger partial charge in [-0.2, -0.15) is 5.10 Å². The molecular formula is C12H12BrN3O2. The lowest BCUT2D eigenvalue weighted by atomic mass is 10.3. The summed E-state index contributed by atoms with van der Waals surface area (Å²) in [4.78, 5) is 12.0. The van der Waals surface area contributed by atoms with Gasteiger partial charge in [0.15, 0.2) is 0 Å². The predicted octanol–water partition coefficient (Wildman–Crippen LogP) is 2.82. The number of aromatic nitrogens is 2. The SMILES string of the molecule is CCOc1ccccc1NC(=O)c1[nH]ncc1Br. The third kappa shape index (κ3) is 2.70. The third-order valence-electron chi connectivity index (χ3n) is 2.26. The Morgan fingerprint density at radius 1 is 1.50 bits per heavy atom. The minimum absolute atomic E-state index is 0.272. The molecule has 0 radical (unpaired) electrons. The first kappa shape index (κ1) is 12.6. The molecule has 18 heavy (non-hydrogen) atoms. The van der Waals surface area contributed by atoms with Gasteiger partial charge in [0.1, 0.15) is 11.4 Å². The summed E-state index contributed by atoms with van der Waals surface area (Å²) in [6.45, 7) is 2.44. The fourth-order valence-corrected chi connectivity index (χ4v) is 1.84. The molecule has 0 atom stereocenters. The van der Waals surface area contributed by atoms with Crippen LogP contribution in [0.3, 0.4) is 0 Å². The van der Waals surface area contributed by atoms with Crippen LogP contribution in [0.4, 0.5) is 5.69 Å². The summed E-state index contributed by atoms with van der Waals surface area (Å²) in [5, 5.41) is 9.18. The Bertz CT molecular complexity index is 554. The average Bonchev–Trinajstić information content (AvgIpc) is 2.78. The summed E-state index contributed by atoms with van der Waals surface area (Å²) in [6.07, 6.45) is 1.53. The van der Waals surface area contributed by atoms with Gasteiger partial charge in [0.05, 0.1) is 23.0 Å². The highest BCUT2D eigenvalue weighted by Crippen LogP contribution is 2.24. The van der Waals surface area contributed by atoms with Crippen LogP contribution in [0.25, 0.3) is 0 Å². The third-order valence-corrected chi connectivity index (χ3v) is 2.86. The fraction of sp³-hybridized carbons (Fsp3) is 0.167. The minimum atomic E-state index is -0.272. The molecule has 2 N–H and O–H groups in total. The van der Waals surface area contributed by atoms with Crippen molar-refractivity contribution in [3.63, 3.8) is 0 Å². The number of carbonyl (C=O) groups excluding carboxylic acids is 1. The first-order valence-corrected chi connectivity index (χ1v) is 6.23. The van der Waals surface area contributed by atoms with Crippen molar-refractivity contribution in [1.29, 1.82) is 0 Å². The lowest BCUT2D eigenvalue weighted by Crippen LogP contribution is -2.14. The van der Waals surface area contributed by atoms with E-state index in [2.05, 4.69) is 31.4 Å². The summed E-state index contributed by atoms with van der Waals surface area (Å²) < 4.78 is 6.05. The van der Waals surface area contributed by atoms with Crippen molar-refractivity contribution in [2.45, 2.75) is 6.92 Å². The Kier molecular flexibility index (Phi) is 3.99. The quantitative estimate of drug-likeness (QED) is 0.912. The lowest BCUT2D eigenvalue weighted by Gasteiger charge is -2.10. The van der Waals surface area contributed by atoms with Gasteiger partial charge in [-0.05, 0) is 35.0 Å². The van der Waals surface area contributed by atoms with Gasteiger partial charge < -0.3 is 10.1 Å². The number of para-hydroxylation sites is 2. The van der Waals surface area contributed by atoms with Crippen LogP contribution in [0.2, 0.25) is 0 Å². The molecule has 0 aliphatic rings. The van der Waals surface area contributed by atoms with Crippen LogP contribution in [0.5, 0.6) is 5.75 Å². The Balaban J connectivity index is 2.19. The monoisotopic (exact) mass is 309 g/mol. The van der Waals surface area contributed by atoms with Crippen molar-refractivity contribution in [1.82, 2.24) is 10.2 Å². The maximum atomic E-state index is 12.0. The highest BCUT2D eigenvalue weighted by molar-refractivity contribution is 9.10. The van der Waals surface area contributed by atoms with Crippen molar-refractivity contribution < 1.29 is 9.53 Å². The van der Waals surface area contributed by atoms with E-state index in [0.29, 0.717) is 28.2 Å². The van der Waals surface area contributed by atoms with Crippen molar-refractivity contribution in [3.05, 3.63) is 40.6 Å². The molecular weight excluding hydrogens is 298 g/mol. The molecule has 0 fully saturated rings. The summed E-state index contributed by atoms with van der Waals surface area (Å²) in [5.74, 6) is 0.371. The van der Waals surface area contributed by atoms with Gasteiger partial charge in [-0.3, -0.25) is 9.89 Å². The van der Waals surface area contributed by atoms with E-state index in [4.69, 9.17) is 4.74 Å². The molecule has 0 saturated carbocycles. The standard InChI is InChI=1S/C12H12BrN3O2/c1-2-18-10-6-4-3-5-9(10)15-12(17)11-8(13)7-14-16-11/h3-7H,2H2,1H3,(H,14,16)(H,15,17). The molecule has 1 aromatic heterocycles. The smallest absolute Gasteiger partial charge is 0.274 e. The van der Waals surface area contributed by atoms with E-state index in [1.54, 1.807) is 12.1 Å². The van der Waals surface area contributed by atoms with Crippen LogP contribution >= 0.6 is 15.9 Å². The predicted molar refractivity (Wildman–Crippen MR) is 71.9 cm³/mol. The number of hydrogen-bond donors (Lipinski definition) is 2. The molecule has 2 aromatic rings. The molecule has 1 heterocycles. The minimum Gasteiger partial charge on any atom is -0.492 e. The Hall–Kier alpha value is -1.82. The molecule has 1 aromatic carbocycles. The molecule has 1 amide bonds. The van der Waals surface area contributed by atoms with Gasteiger partial charge >= 0.3 is 0 Å². The number of halogens is 1. The second kappa shape index (κ2) is 5.68. The molecule has 0 saturated heterocycles. The zero-order valence-corrected chi connectivity index (χ0v) is 11.3. The highest BCUT2D eigenvalue weighted by Gasteiger charge is 2.14. The second-order valence-electron chi connectivity index (χ2n) is 3.48.